The van der Waals surface area contributed by atoms with Gasteiger partial charge in [-0.05, 0) is 37.3 Å². The van der Waals surface area contributed by atoms with Crippen LogP contribution in [0.3, 0.4) is 0 Å². The number of para-hydroxylation sites is 1. The predicted octanol–water partition coefficient (Wildman–Crippen LogP) is 4.64. The number of halogens is 3. The molecule has 1 aliphatic rings. The normalized spacial score (nSPS) is 16.8. The Balaban J connectivity index is 1.77. The van der Waals surface area contributed by atoms with Crippen LogP contribution in [0.25, 0.3) is 6.08 Å². The van der Waals surface area contributed by atoms with E-state index < -0.39 is 29.6 Å². The number of benzene rings is 2. The van der Waals surface area contributed by atoms with E-state index in [9.17, 15) is 27.9 Å². The van der Waals surface area contributed by atoms with Crippen molar-refractivity contribution in [3.8, 4) is 5.75 Å². The fourth-order valence-electron chi connectivity index (χ4n) is 2.70. The van der Waals surface area contributed by atoms with Gasteiger partial charge in [-0.25, -0.2) is 0 Å². The number of thioether (sulfide) groups is 1. The Labute approximate surface area is 179 Å². The Hall–Kier alpha value is -2.85. The van der Waals surface area contributed by atoms with Crippen molar-refractivity contribution in [1.82, 2.24) is 4.90 Å². The first-order valence-electron chi connectivity index (χ1n) is 8.61. The van der Waals surface area contributed by atoms with Crippen molar-refractivity contribution < 1.29 is 27.9 Å². The molecule has 1 atom stereocenters. The van der Waals surface area contributed by atoms with Crippen LogP contribution >= 0.6 is 24.0 Å². The molecular formula is C20H15F3N2O3S2. The number of thiocarbonyl (C=S) groups is 1. The van der Waals surface area contributed by atoms with Crippen molar-refractivity contribution >= 4 is 51.9 Å². The van der Waals surface area contributed by atoms with E-state index in [1.165, 1.54) is 31.2 Å². The van der Waals surface area contributed by atoms with Crippen LogP contribution in [0.4, 0.5) is 18.9 Å². The number of carbonyl (C=O) groups excluding carboxylic acids is 2. The molecule has 5 nitrogen and oxygen atoms in total. The van der Waals surface area contributed by atoms with Gasteiger partial charge in [-0.15, -0.1) is 0 Å². The highest BCUT2D eigenvalue weighted by Gasteiger charge is 2.38. The zero-order chi connectivity index (χ0) is 22.1. The van der Waals surface area contributed by atoms with Gasteiger partial charge < -0.3 is 10.4 Å². The minimum atomic E-state index is -4.54. The van der Waals surface area contributed by atoms with Gasteiger partial charge in [0, 0.05) is 11.3 Å². The number of nitrogens with one attached hydrogen (secondary N) is 1. The number of hydrogen-bond acceptors (Lipinski definition) is 5. The first-order valence-corrected chi connectivity index (χ1v) is 9.83. The Morgan fingerprint density at radius 2 is 1.93 bits per heavy atom. The molecule has 0 bridgehead atoms. The lowest BCUT2D eigenvalue weighted by Crippen LogP contribution is -2.44. The second-order valence-corrected chi connectivity index (χ2v) is 8.03. The maximum Gasteiger partial charge on any atom is 0.416 e. The monoisotopic (exact) mass is 452 g/mol. The summed E-state index contributed by atoms with van der Waals surface area (Å²) in [7, 11) is 0. The van der Waals surface area contributed by atoms with Crippen LogP contribution in [0.1, 0.15) is 18.1 Å². The van der Waals surface area contributed by atoms with E-state index in [4.69, 9.17) is 12.2 Å². The van der Waals surface area contributed by atoms with Crippen LogP contribution in [0.2, 0.25) is 0 Å². The zero-order valence-corrected chi connectivity index (χ0v) is 17.1. The summed E-state index contributed by atoms with van der Waals surface area (Å²) in [6.45, 7) is 1.43. The Kier molecular flexibility index (Phi) is 6.18. The number of carbonyl (C=O) groups is 2. The molecule has 0 aromatic heterocycles. The van der Waals surface area contributed by atoms with E-state index in [0.29, 0.717) is 5.56 Å². The topological polar surface area (TPSA) is 69.6 Å². The highest BCUT2D eigenvalue weighted by molar-refractivity contribution is 8.26. The van der Waals surface area contributed by atoms with Gasteiger partial charge >= 0.3 is 6.18 Å². The van der Waals surface area contributed by atoms with Gasteiger partial charge in [-0.1, -0.05) is 48.2 Å². The van der Waals surface area contributed by atoms with Crippen molar-refractivity contribution in [3.05, 3.63) is 64.6 Å². The summed E-state index contributed by atoms with van der Waals surface area (Å²) in [6, 6.07) is 9.57. The summed E-state index contributed by atoms with van der Waals surface area (Å²) < 4.78 is 38.7. The molecule has 0 aliphatic carbocycles. The van der Waals surface area contributed by atoms with Crippen LogP contribution in [-0.4, -0.2) is 32.2 Å². The molecule has 1 unspecified atom stereocenters. The second-order valence-electron chi connectivity index (χ2n) is 6.35. The molecule has 0 radical (unpaired) electrons. The summed E-state index contributed by atoms with van der Waals surface area (Å²) in [5.74, 6) is -1.23. The lowest BCUT2D eigenvalue weighted by molar-refractivity contribution is -0.137. The molecule has 2 N–H and O–H groups in total. The molecular weight excluding hydrogens is 437 g/mol. The van der Waals surface area contributed by atoms with Crippen molar-refractivity contribution in [2.45, 2.75) is 19.1 Å². The Bertz CT molecular complexity index is 1050. The molecule has 1 aliphatic heterocycles. The number of rotatable bonds is 4. The molecule has 0 spiro atoms. The standard InChI is InChI=1S/C20H15F3N2O3S2/c1-11(17(27)24-14-7-4-6-13(10-14)20(21,22)23)25-18(28)16(30-19(25)29)9-12-5-2-3-8-15(12)26/h2-11,26H,1H3,(H,24,27)/b16-9-. The van der Waals surface area contributed by atoms with Crippen molar-refractivity contribution in [1.29, 1.82) is 0 Å². The van der Waals surface area contributed by atoms with Crippen molar-refractivity contribution in [2.24, 2.45) is 0 Å². The number of phenolic OH excluding ortho intramolecular Hbond substituents is 1. The van der Waals surface area contributed by atoms with Gasteiger partial charge in [-0.2, -0.15) is 13.2 Å². The Morgan fingerprint density at radius 3 is 2.60 bits per heavy atom. The molecule has 3 rings (SSSR count). The lowest BCUT2D eigenvalue weighted by Gasteiger charge is -2.22. The number of anilines is 1. The summed E-state index contributed by atoms with van der Waals surface area (Å²) >= 11 is 6.18. The number of alkyl halides is 3. The van der Waals surface area contributed by atoms with Crippen molar-refractivity contribution in [2.75, 3.05) is 5.32 Å². The van der Waals surface area contributed by atoms with Gasteiger partial charge in [0.05, 0.1) is 10.5 Å². The third-order valence-corrected chi connectivity index (χ3v) is 5.60. The smallest absolute Gasteiger partial charge is 0.416 e. The quantitative estimate of drug-likeness (QED) is 0.523. The SMILES string of the molecule is CC(C(=O)Nc1cccc(C(F)(F)F)c1)N1C(=O)/C(=C/c2ccccc2O)SC1=S. The summed E-state index contributed by atoms with van der Waals surface area (Å²) in [4.78, 5) is 26.6. The number of phenols is 1. The summed E-state index contributed by atoms with van der Waals surface area (Å²) in [6.07, 6.45) is -3.08. The molecule has 10 heteroatoms. The van der Waals surface area contributed by atoms with Crippen LogP contribution in [0.15, 0.2) is 53.4 Å². The molecule has 156 valence electrons. The highest BCUT2D eigenvalue weighted by Crippen LogP contribution is 2.35. The Morgan fingerprint density at radius 1 is 1.23 bits per heavy atom. The van der Waals surface area contributed by atoms with Crippen LogP contribution in [-0.2, 0) is 15.8 Å². The second kappa shape index (κ2) is 8.49. The third-order valence-electron chi connectivity index (χ3n) is 4.27. The van der Waals surface area contributed by atoms with E-state index in [0.717, 1.165) is 28.8 Å². The van der Waals surface area contributed by atoms with Crippen LogP contribution in [0.5, 0.6) is 5.75 Å². The van der Waals surface area contributed by atoms with E-state index in [1.54, 1.807) is 18.2 Å². The number of nitrogens with zero attached hydrogens (tertiary/aromatic N) is 1. The van der Waals surface area contributed by atoms with E-state index in [1.807, 2.05) is 0 Å². The maximum atomic E-state index is 12.9. The fraction of sp³-hybridized carbons (Fsp3) is 0.150. The van der Waals surface area contributed by atoms with Gasteiger partial charge in [-0.3, -0.25) is 14.5 Å². The molecule has 2 aromatic carbocycles. The molecule has 1 fully saturated rings. The van der Waals surface area contributed by atoms with E-state index >= 15 is 0 Å². The molecule has 2 amide bonds. The highest BCUT2D eigenvalue weighted by atomic mass is 32.2. The molecule has 30 heavy (non-hydrogen) atoms. The molecule has 1 heterocycles. The number of aromatic hydroxyl groups is 1. The van der Waals surface area contributed by atoms with Gasteiger partial charge in [0.2, 0.25) is 5.91 Å². The average molecular weight is 452 g/mol. The lowest BCUT2D eigenvalue weighted by atomic mass is 10.1. The first-order chi connectivity index (χ1) is 14.1. The van der Waals surface area contributed by atoms with E-state index in [-0.39, 0.29) is 20.7 Å². The average Bonchev–Trinajstić information content (AvgIpc) is 2.95. The van der Waals surface area contributed by atoms with E-state index in [2.05, 4.69) is 5.32 Å². The van der Waals surface area contributed by atoms with Crippen LogP contribution in [0, 0.1) is 0 Å². The van der Waals surface area contributed by atoms with Gasteiger partial charge in [0.15, 0.2) is 0 Å². The first kappa shape index (κ1) is 21.8. The van der Waals surface area contributed by atoms with Gasteiger partial charge in [0.25, 0.3) is 5.91 Å². The van der Waals surface area contributed by atoms with Gasteiger partial charge in [0.1, 0.15) is 16.1 Å². The summed E-state index contributed by atoms with van der Waals surface area (Å²) in [5.41, 5.74) is -0.528. The third kappa shape index (κ3) is 4.65. The predicted molar refractivity (Wildman–Crippen MR) is 113 cm³/mol. The maximum absolute atomic E-state index is 12.9. The number of amides is 2. The molecule has 2 aromatic rings. The molecule has 1 saturated heterocycles. The zero-order valence-electron chi connectivity index (χ0n) is 15.4. The minimum Gasteiger partial charge on any atom is -0.507 e. The minimum absolute atomic E-state index is 0.0156. The van der Waals surface area contributed by atoms with Crippen LogP contribution < -0.4 is 5.32 Å². The summed E-state index contributed by atoms with van der Waals surface area (Å²) in [5, 5.41) is 12.3. The van der Waals surface area contributed by atoms with Crippen molar-refractivity contribution in [3.63, 3.8) is 0 Å². The molecule has 0 saturated carbocycles. The largest absolute Gasteiger partial charge is 0.507 e. The fourth-order valence-corrected chi connectivity index (χ4v) is 4.11. The number of hydrogen-bond donors (Lipinski definition) is 2.